The number of halogens is 1. The Morgan fingerprint density at radius 3 is 2.30 bits per heavy atom. The fourth-order valence-corrected chi connectivity index (χ4v) is 10.8. The normalized spacial score (nSPS) is 22.0. The number of carbonyl (C=O) groups is 1. The lowest BCUT2D eigenvalue weighted by molar-refractivity contribution is -0.258. The Kier molecular flexibility index (Phi) is 22.5. The SMILES string of the molecule is C=CCOC12Oc3ccc(OCc4ccccc4F)cc3C3C(CCCCO)C(CCCCO)C=C(C(=NOCc4ccccc4)CC1N(CCOCCO)C(=O)CCCCCCCCCCC)C32. The molecule has 1 heterocycles. The molecule has 1 aliphatic heterocycles. The summed E-state index contributed by atoms with van der Waals surface area (Å²) in [4.78, 5) is 23.2. The molecule has 69 heavy (non-hydrogen) atoms. The standard InChI is InChI=1S/C57H79FN2O9/c1-3-5-6-7-8-9-10-11-15-28-54(64)60(31-36-65-37-34-63)53-40-51(59-68-41-43-22-13-12-14-23-43)48-38-44(24-18-20-32-61)47(26-19-21-33-62)55-49-39-46(66-42-45-25-16-17-27-50(45)58)29-30-52(49)69-57(53,56(48)55)67-35-4-2/h4,12-14,16-17,22-23,25,27,29-30,38-39,44,47,53,55-56,61-63H,2-3,5-11,15,18-21,24,26,28,31-37,40-42H2,1H3. The van der Waals surface area contributed by atoms with Crippen molar-refractivity contribution in [1.29, 1.82) is 0 Å². The molecule has 6 atom stereocenters. The molecule has 6 rings (SSSR count). The van der Waals surface area contributed by atoms with Gasteiger partial charge in [0.2, 0.25) is 11.7 Å². The molecule has 6 unspecified atom stereocenters. The number of hydrogen-bond donors (Lipinski definition) is 3. The zero-order valence-corrected chi connectivity index (χ0v) is 41.1. The Hall–Kier alpha value is -4.59. The second-order valence-electron chi connectivity index (χ2n) is 18.9. The van der Waals surface area contributed by atoms with Crippen LogP contribution in [0.3, 0.4) is 0 Å². The van der Waals surface area contributed by atoms with E-state index < -0.39 is 17.7 Å². The average molecular weight is 955 g/mol. The van der Waals surface area contributed by atoms with Crippen LogP contribution in [0.15, 0.2) is 102 Å². The third-order valence-electron chi connectivity index (χ3n) is 14.1. The highest BCUT2D eigenvalue weighted by molar-refractivity contribution is 6.03. The number of benzene rings is 3. The van der Waals surface area contributed by atoms with Crippen molar-refractivity contribution in [3.8, 4) is 11.5 Å². The van der Waals surface area contributed by atoms with Gasteiger partial charge in [-0.3, -0.25) is 4.79 Å². The zero-order chi connectivity index (χ0) is 48.7. The monoisotopic (exact) mass is 955 g/mol. The predicted octanol–water partition coefficient (Wildman–Crippen LogP) is 11.0. The van der Waals surface area contributed by atoms with E-state index >= 15 is 4.79 Å². The molecule has 3 aromatic rings. The molecule has 1 amide bonds. The number of carbonyl (C=O) groups excluding carboxylic acids is 1. The van der Waals surface area contributed by atoms with E-state index in [1.54, 1.807) is 24.3 Å². The zero-order valence-electron chi connectivity index (χ0n) is 41.1. The van der Waals surface area contributed by atoms with Crippen molar-refractivity contribution in [2.75, 3.05) is 46.2 Å². The maximum Gasteiger partial charge on any atom is 0.239 e. The summed E-state index contributed by atoms with van der Waals surface area (Å²) >= 11 is 0. The Bertz CT molecular complexity index is 2060. The highest BCUT2D eigenvalue weighted by Crippen LogP contribution is 2.62. The lowest BCUT2D eigenvalue weighted by atomic mass is 9.55. The number of ether oxygens (including phenoxy) is 4. The minimum Gasteiger partial charge on any atom is -0.489 e. The van der Waals surface area contributed by atoms with Crippen LogP contribution in [-0.2, 0) is 32.3 Å². The van der Waals surface area contributed by atoms with E-state index in [9.17, 15) is 19.7 Å². The first kappa shape index (κ1) is 53.8. The highest BCUT2D eigenvalue weighted by atomic mass is 19.1. The van der Waals surface area contributed by atoms with Gasteiger partial charge in [0.05, 0.1) is 38.1 Å². The van der Waals surface area contributed by atoms with Gasteiger partial charge in [-0.1, -0.05) is 137 Å². The topological polar surface area (TPSA) is 140 Å². The number of amides is 1. The van der Waals surface area contributed by atoms with Gasteiger partial charge in [0.25, 0.3) is 0 Å². The smallest absolute Gasteiger partial charge is 0.239 e. The molecule has 12 heteroatoms. The van der Waals surface area contributed by atoms with Gasteiger partial charge in [0, 0.05) is 49.6 Å². The summed E-state index contributed by atoms with van der Waals surface area (Å²) in [6.45, 7) is 7.32. The molecule has 3 N–H and O–H groups in total. The molecule has 0 radical (unpaired) electrons. The van der Waals surface area contributed by atoms with Gasteiger partial charge < -0.3 is 44.0 Å². The Balaban J connectivity index is 1.48. The lowest BCUT2D eigenvalue weighted by Gasteiger charge is -2.60. The minimum atomic E-state index is -1.43. The van der Waals surface area contributed by atoms with Gasteiger partial charge in [-0.25, -0.2) is 4.39 Å². The van der Waals surface area contributed by atoms with Crippen molar-refractivity contribution < 1.29 is 48.3 Å². The summed E-state index contributed by atoms with van der Waals surface area (Å²) in [6.07, 6.45) is 19.3. The van der Waals surface area contributed by atoms with Crippen molar-refractivity contribution in [3.05, 3.63) is 120 Å². The third-order valence-corrected chi connectivity index (χ3v) is 14.1. The largest absolute Gasteiger partial charge is 0.489 e. The maximum absolute atomic E-state index is 15.0. The molecule has 378 valence electrons. The maximum atomic E-state index is 15.0. The first-order valence-electron chi connectivity index (χ1n) is 26.0. The molecule has 1 saturated carbocycles. The van der Waals surface area contributed by atoms with Crippen LogP contribution in [0.4, 0.5) is 4.39 Å². The number of rotatable bonds is 33. The van der Waals surface area contributed by atoms with Crippen LogP contribution in [0.2, 0.25) is 0 Å². The summed E-state index contributed by atoms with van der Waals surface area (Å²) < 4.78 is 41.7. The molecule has 0 aromatic heterocycles. The number of aliphatic hydroxyl groups is 3. The molecule has 1 fully saturated rings. The first-order chi connectivity index (χ1) is 33.9. The van der Waals surface area contributed by atoms with Gasteiger partial charge in [-0.05, 0) is 79.3 Å². The van der Waals surface area contributed by atoms with Gasteiger partial charge in [-0.15, -0.1) is 6.58 Å². The van der Waals surface area contributed by atoms with Crippen LogP contribution in [0.1, 0.15) is 139 Å². The summed E-state index contributed by atoms with van der Waals surface area (Å²) in [5.41, 5.74) is 3.97. The Morgan fingerprint density at radius 2 is 1.58 bits per heavy atom. The molecule has 11 nitrogen and oxygen atoms in total. The summed E-state index contributed by atoms with van der Waals surface area (Å²) in [5.74, 6) is -1.32. The van der Waals surface area contributed by atoms with Crippen LogP contribution in [-0.4, -0.2) is 89.9 Å². The van der Waals surface area contributed by atoms with E-state index in [0.717, 1.165) is 68.1 Å². The number of nitrogens with zero attached hydrogens (tertiary/aromatic N) is 2. The average Bonchev–Trinajstić information content (AvgIpc) is 3.36. The summed E-state index contributed by atoms with van der Waals surface area (Å²) in [5, 5.41) is 34.7. The number of aliphatic hydroxyl groups excluding tert-OH is 3. The molecule has 3 aromatic carbocycles. The Morgan fingerprint density at radius 1 is 0.855 bits per heavy atom. The van der Waals surface area contributed by atoms with E-state index in [2.05, 4.69) is 19.6 Å². The van der Waals surface area contributed by atoms with Crippen LogP contribution in [0.25, 0.3) is 0 Å². The van der Waals surface area contributed by atoms with Gasteiger partial charge in [0.1, 0.15) is 36.6 Å². The third kappa shape index (κ3) is 14.7. The summed E-state index contributed by atoms with van der Waals surface area (Å²) in [6, 6.07) is 21.6. The Labute approximate surface area is 410 Å². The second-order valence-corrected chi connectivity index (χ2v) is 18.9. The number of fused-ring (bicyclic) bond motifs is 2. The number of allylic oxidation sites excluding steroid dienone is 1. The molecule has 2 aliphatic carbocycles. The lowest BCUT2D eigenvalue weighted by Crippen LogP contribution is -2.70. The van der Waals surface area contributed by atoms with E-state index in [-0.39, 0.29) is 95.3 Å². The van der Waals surface area contributed by atoms with Crippen molar-refractivity contribution >= 4 is 11.6 Å². The summed E-state index contributed by atoms with van der Waals surface area (Å²) in [7, 11) is 0. The first-order valence-corrected chi connectivity index (χ1v) is 26.0. The van der Waals surface area contributed by atoms with Crippen LogP contribution >= 0.6 is 0 Å². The fraction of sp³-hybridized carbons (Fsp3) is 0.579. The van der Waals surface area contributed by atoms with Crippen molar-refractivity contribution in [2.24, 2.45) is 22.9 Å². The molecule has 0 spiro atoms. The molecular formula is C57H79FN2O9. The quantitative estimate of drug-likeness (QED) is 0.0309. The highest BCUT2D eigenvalue weighted by Gasteiger charge is 2.65. The number of unbranched alkanes of at least 4 members (excludes halogenated alkanes) is 10. The molecule has 0 saturated heterocycles. The van der Waals surface area contributed by atoms with Crippen molar-refractivity contribution in [2.45, 2.75) is 147 Å². The van der Waals surface area contributed by atoms with Crippen LogP contribution in [0.5, 0.6) is 11.5 Å². The molecule has 0 bridgehead atoms. The second kappa shape index (κ2) is 28.9. The van der Waals surface area contributed by atoms with Gasteiger partial charge >= 0.3 is 0 Å². The predicted molar refractivity (Wildman–Crippen MR) is 268 cm³/mol. The van der Waals surface area contributed by atoms with Gasteiger partial charge in [0.15, 0.2) is 0 Å². The van der Waals surface area contributed by atoms with Crippen LogP contribution < -0.4 is 9.47 Å². The number of oxime groups is 1. The van der Waals surface area contributed by atoms with E-state index in [1.165, 1.54) is 38.2 Å². The van der Waals surface area contributed by atoms with Crippen molar-refractivity contribution in [3.63, 3.8) is 0 Å². The number of hydrogen-bond acceptors (Lipinski definition) is 10. The van der Waals surface area contributed by atoms with E-state index in [4.69, 9.17) is 28.9 Å². The van der Waals surface area contributed by atoms with Crippen LogP contribution in [0, 0.1) is 23.6 Å². The van der Waals surface area contributed by atoms with E-state index in [0.29, 0.717) is 42.0 Å². The molecular weight excluding hydrogens is 876 g/mol. The van der Waals surface area contributed by atoms with E-state index in [1.807, 2.05) is 53.4 Å². The minimum absolute atomic E-state index is 0.0180. The van der Waals surface area contributed by atoms with Gasteiger partial charge in [-0.2, -0.15) is 0 Å². The van der Waals surface area contributed by atoms with Crippen molar-refractivity contribution in [1.82, 2.24) is 4.90 Å². The molecule has 3 aliphatic rings. The fourth-order valence-electron chi connectivity index (χ4n) is 10.8.